The van der Waals surface area contributed by atoms with Crippen molar-refractivity contribution in [1.29, 1.82) is 0 Å². The van der Waals surface area contributed by atoms with E-state index in [-0.39, 0.29) is 11.6 Å². The molecule has 0 atom stereocenters. The van der Waals surface area contributed by atoms with E-state index in [9.17, 15) is 9.59 Å². The van der Waals surface area contributed by atoms with Gasteiger partial charge in [0.2, 0.25) is 0 Å². The predicted molar refractivity (Wildman–Crippen MR) is 133 cm³/mol. The zero-order valence-corrected chi connectivity index (χ0v) is 20.0. The fraction of sp³-hybridized carbons (Fsp3) is 0.185. The van der Waals surface area contributed by atoms with Gasteiger partial charge in [0.15, 0.2) is 0 Å². The van der Waals surface area contributed by atoms with Crippen LogP contribution >= 0.6 is 11.6 Å². The number of methoxy groups -OCH3 is 1. The van der Waals surface area contributed by atoms with Crippen LogP contribution in [0.15, 0.2) is 60.3 Å². The molecule has 0 saturated carbocycles. The maximum absolute atomic E-state index is 13.8. The number of halogens is 1. The van der Waals surface area contributed by atoms with Crippen molar-refractivity contribution in [1.82, 2.24) is 0 Å². The zero-order valence-electron chi connectivity index (χ0n) is 19.2. The van der Waals surface area contributed by atoms with Gasteiger partial charge in [-0.15, -0.1) is 0 Å². The van der Waals surface area contributed by atoms with E-state index in [1.54, 1.807) is 25.3 Å². The van der Waals surface area contributed by atoms with Gasteiger partial charge in [0.05, 0.1) is 24.1 Å². The summed E-state index contributed by atoms with van der Waals surface area (Å²) in [6, 6.07) is 16.6. The number of ether oxygens (including phenoxy) is 1. The molecular weight excluding hydrogens is 436 g/mol. The maximum atomic E-state index is 13.8. The average Bonchev–Trinajstić information content (AvgIpc) is 2.98. The second kappa shape index (κ2) is 8.75. The molecule has 2 amide bonds. The van der Waals surface area contributed by atoms with Crippen molar-refractivity contribution in [3.63, 3.8) is 0 Å². The van der Waals surface area contributed by atoms with Gasteiger partial charge in [-0.3, -0.25) is 9.59 Å². The van der Waals surface area contributed by atoms with Gasteiger partial charge in [0, 0.05) is 5.02 Å². The fourth-order valence-electron chi connectivity index (χ4n) is 4.13. The van der Waals surface area contributed by atoms with Gasteiger partial charge in [-0.2, -0.15) is 0 Å². The molecule has 1 N–H and O–H groups in total. The lowest BCUT2D eigenvalue weighted by molar-refractivity contribution is -0.120. The summed E-state index contributed by atoms with van der Waals surface area (Å²) in [4.78, 5) is 28.7. The molecule has 0 unspecified atom stereocenters. The number of benzene rings is 3. The summed E-state index contributed by atoms with van der Waals surface area (Å²) in [5.41, 5.74) is 6.09. The number of aryl methyl sites for hydroxylation is 4. The first-order valence-corrected chi connectivity index (χ1v) is 11.0. The van der Waals surface area contributed by atoms with Crippen LogP contribution in [0.1, 0.15) is 27.8 Å². The van der Waals surface area contributed by atoms with Crippen molar-refractivity contribution < 1.29 is 14.3 Å². The Balaban J connectivity index is 1.91. The molecule has 0 saturated heterocycles. The summed E-state index contributed by atoms with van der Waals surface area (Å²) >= 11 is 6.12. The fourth-order valence-corrected chi connectivity index (χ4v) is 4.36. The molecule has 3 aromatic rings. The number of rotatable bonds is 5. The quantitative estimate of drug-likeness (QED) is 0.476. The molecule has 1 aliphatic rings. The van der Waals surface area contributed by atoms with Crippen LogP contribution in [-0.4, -0.2) is 18.9 Å². The Hall–Kier alpha value is -3.57. The summed E-state index contributed by atoms with van der Waals surface area (Å²) in [7, 11) is 1.57. The van der Waals surface area contributed by atoms with Gasteiger partial charge in [-0.05, 0) is 80.3 Å². The van der Waals surface area contributed by atoms with Crippen molar-refractivity contribution in [3.8, 4) is 5.75 Å². The van der Waals surface area contributed by atoms with Crippen molar-refractivity contribution in [3.05, 3.63) is 93.1 Å². The zero-order chi connectivity index (χ0) is 23.9. The minimum absolute atomic E-state index is 0.213. The third kappa shape index (κ3) is 4.12. The lowest BCUT2D eigenvalue weighted by Crippen LogP contribution is -2.33. The topological polar surface area (TPSA) is 58.6 Å². The minimum Gasteiger partial charge on any atom is -0.495 e. The van der Waals surface area contributed by atoms with Crippen LogP contribution in [0.3, 0.4) is 0 Å². The van der Waals surface area contributed by atoms with E-state index in [0.717, 1.165) is 22.3 Å². The van der Waals surface area contributed by atoms with E-state index in [1.165, 1.54) is 4.90 Å². The lowest BCUT2D eigenvalue weighted by Gasteiger charge is -2.18. The molecular formula is C27H25ClN2O3. The van der Waals surface area contributed by atoms with Crippen molar-refractivity contribution in [2.24, 2.45) is 0 Å². The number of hydrogen-bond acceptors (Lipinski definition) is 4. The Labute approximate surface area is 198 Å². The van der Waals surface area contributed by atoms with E-state index in [1.807, 2.05) is 64.1 Å². The Bertz CT molecular complexity index is 1330. The molecule has 6 heteroatoms. The normalized spacial score (nSPS) is 13.7. The molecule has 0 aliphatic carbocycles. The smallest absolute Gasteiger partial charge is 0.282 e. The van der Waals surface area contributed by atoms with E-state index in [4.69, 9.17) is 16.3 Å². The summed E-state index contributed by atoms with van der Waals surface area (Å²) in [6.45, 7) is 7.71. The van der Waals surface area contributed by atoms with Crippen molar-refractivity contribution >= 4 is 40.4 Å². The standard InChI is InChI=1S/C27H25ClN2O3/c1-15-6-9-20(17(3)12-15)24-25(29-21-13-16(2)7-11-23(21)33-5)27(32)30(26(24)31)22-10-8-19(28)14-18(22)4/h6-14,29H,1-5H3. The second-order valence-electron chi connectivity index (χ2n) is 8.27. The van der Waals surface area contributed by atoms with Gasteiger partial charge in [-0.25, -0.2) is 4.90 Å². The van der Waals surface area contributed by atoms with Crippen LogP contribution in [0.4, 0.5) is 11.4 Å². The van der Waals surface area contributed by atoms with E-state index < -0.39 is 5.91 Å². The van der Waals surface area contributed by atoms with Crippen LogP contribution in [0.5, 0.6) is 5.75 Å². The lowest BCUT2D eigenvalue weighted by atomic mass is 9.97. The van der Waals surface area contributed by atoms with Gasteiger partial charge in [0.1, 0.15) is 11.4 Å². The second-order valence-corrected chi connectivity index (χ2v) is 8.71. The number of amides is 2. The first-order chi connectivity index (χ1) is 15.7. The molecule has 33 heavy (non-hydrogen) atoms. The largest absolute Gasteiger partial charge is 0.495 e. The molecule has 0 radical (unpaired) electrons. The van der Waals surface area contributed by atoms with Crippen LogP contribution in [0.25, 0.3) is 5.57 Å². The Morgan fingerprint density at radius 1 is 0.818 bits per heavy atom. The first-order valence-electron chi connectivity index (χ1n) is 10.6. The first kappa shape index (κ1) is 22.6. The molecule has 3 aromatic carbocycles. The van der Waals surface area contributed by atoms with Crippen LogP contribution in [0.2, 0.25) is 5.02 Å². The number of nitrogens with zero attached hydrogens (tertiary/aromatic N) is 1. The van der Waals surface area contributed by atoms with Gasteiger partial charge in [-0.1, -0.05) is 41.4 Å². The summed E-state index contributed by atoms with van der Waals surface area (Å²) in [5, 5.41) is 3.76. The predicted octanol–water partition coefficient (Wildman–Crippen LogP) is 5.98. The number of nitrogens with one attached hydrogen (secondary N) is 1. The highest BCUT2D eigenvalue weighted by molar-refractivity contribution is 6.46. The van der Waals surface area contributed by atoms with Crippen LogP contribution in [-0.2, 0) is 9.59 Å². The molecule has 0 bridgehead atoms. The average molecular weight is 461 g/mol. The van der Waals surface area contributed by atoms with E-state index >= 15 is 0 Å². The molecule has 0 fully saturated rings. The van der Waals surface area contributed by atoms with Crippen molar-refractivity contribution in [2.75, 3.05) is 17.3 Å². The van der Waals surface area contributed by atoms with Gasteiger partial charge in [0.25, 0.3) is 11.8 Å². The Kier molecular flexibility index (Phi) is 6.00. The number of anilines is 2. The summed E-state index contributed by atoms with van der Waals surface area (Å²) < 4.78 is 5.49. The summed E-state index contributed by atoms with van der Waals surface area (Å²) in [5.74, 6) is -0.232. The third-order valence-electron chi connectivity index (χ3n) is 5.75. The SMILES string of the molecule is COc1ccc(C)cc1NC1=C(c2ccc(C)cc2C)C(=O)N(c2ccc(Cl)cc2C)C1=O. The highest BCUT2D eigenvalue weighted by Crippen LogP contribution is 2.38. The molecule has 1 aliphatic heterocycles. The highest BCUT2D eigenvalue weighted by Gasteiger charge is 2.41. The third-order valence-corrected chi connectivity index (χ3v) is 5.98. The van der Waals surface area contributed by atoms with E-state index in [2.05, 4.69) is 5.32 Å². The Morgan fingerprint density at radius 3 is 2.18 bits per heavy atom. The number of carbonyl (C=O) groups is 2. The van der Waals surface area contributed by atoms with Gasteiger partial charge < -0.3 is 10.1 Å². The van der Waals surface area contributed by atoms with E-state index in [0.29, 0.717) is 33.3 Å². The van der Waals surface area contributed by atoms with Crippen molar-refractivity contribution in [2.45, 2.75) is 27.7 Å². The minimum atomic E-state index is -0.427. The van der Waals surface area contributed by atoms with Crippen LogP contribution in [0, 0.1) is 27.7 Å². The molecule has 4 rings (SSSR count). The summed E-state index contributed by atoms with van der Waals surface area (Å²) in [6.07, 6.45) is 0. The molecule has 0 spiro atoms. The number of imide groups is 1. The van der Waals surface area contributed by atoms with Crippen LogP contribution < -0.4 is 15.0 Å². The molecule has 1 heterocycles. The number of carbonyl (C=O) groups excluding carboxylic acids is 2. The highest BCUT2D eigenvalue weighted by atomic mass is 35.5. The Morgan fingerprint density at radius 2 is 1.52 bits per heavy atom. The number of hydrogen-bond donors (Lipinski definition) is 1. The van der Waals surface area contributed by atoms with Gasteiger partial charge >= 0.3 is 0 Å². The maximum Gasteiger partial charge on any atom is 0.282 e. The molecule has 0 aromatic heterocycles. The molecule has 168 valence electrons. The molecule has 5 nitrogen and oxygen atoms in total. The monoisotopic (exact) mass is 460 g/mol.